The van der Waals surface area contributed by atoms with Gasteiger partial charge < -0.3 is 20.7 Å². The summed E-state index contributed by atoms with van der Waals surface area (Å²) in [4.78, 5) is 23.9. The van der Waals surface area contributed by atoms with Gasteiger partial charge in [-0.15, -0.1) is 12.4 Å². The highest BCUT2D eigenvalue weighted by Gasteiger charge is 2.41. The van der Waals surface area contributed by atoms with Crippen molar-refractivity contribution in [3.8, 4) is 0 Å². The fourth-order valence-corrected chi connectivity index (χ4v) is 2.07. The Balaban J connectivity index is 0.00000200. The van der Waals surface area contributed by atoms with Crippen LogP contribution in [0.4, 0.5) is 4.39 Å². The Labute approximate surface area is 122 Å². The third kappa shape index (κ3) is 3.29. The van der Waals surface area contributed by atoms with Gasteiger partial charge in [-0.05, 0) is 18.4 Å². The summed E-state index contributed by atoms with van der Waals surface area (Å²) in [5.41, 5.74) is -1.43. The smallest absolute Gasteiger partial charge is 0.356 e. The molecule has 1 saturated heterocycles. The minimum Gasteiger partial charge on any atom is -0.466 e. The number of amides is 1. The van der Waals surface area contributed by atoms with Crippen LogP contribution in [0.2, 0.25) is 0 Å². The minimum atomic E-state index is -1.43. The van der Waals surface area contributed by atoms with Gasteiger partial charge in [-0.2, -0.15) is 0 Å². The second kappa shape index (κ2) is 6.71. The van der Waals surface area contributed by atoms with Crippen LogP contribution in [0.25, 0.3) is 0 Å². The van der Waals surface area contributed by atoms with E-state index in [4.69, 9.17) is 0 Å². The lowest BCUT2D eigenvalue weighted by atomic mass is 10.1. The number of allylic oxidation sites excluding steroid dienone is 2. The van der Waals surface area contributed by atoms with E-state index in [9.17, 15) is 14.0 Å². The molecular formula is C12H17ClFN3O3. The molecule has 0 aromatic carbocycles. The molecule has 8 heteroatoms. The number of carbonyl (C=O) groups excluding carboxylic acids is 2. The van der Waals surface area contributed by atoms with E-state index >= 15 is 0 Å². The summed E-state index contributed by atoms with van der Waals surface area (Å²) >= 11 is 0. The molecule has 2 rings (SSSR count). The number of dihydropyridines is 1. The lowest BCUT2D eigenvalue weighted by Gasteiger charge is -2.31. The van der Waals surface area contributed by atoms with Gasteiger partial charge in [0, 0.05) is 13.0 Å². The molecular weight excluding hydrogens is 289 g/mol. The summed E-state index contributed by atoms with van der Waals surface area (Å²) in [6, 6.07) is -0.641. The zero-order valence-corrected chi connectivity index (χ0v) is 11.7. The Hall–Kier alpha value is -1.60. The fourth-order valence-electron chi connectivity index (χ4n) is 2.07. The zero-order valence-electron chi connectivity index (χ0n) is 10.9. The summed E-state index contributed by atoms with van der Waals surface area (Å²) in [5.74, 6) is -1.09. The first kappa shape index (κ1) is 16.5. The maximum absolute atomic E-state index is 13.1. The van der Waals surface area contributed by atoms with Crippen LogP contribution in [0.5, 0.6) is 0 Å². The van der Waals surface area contributed by atoms with Crippen LogP contribution in [0, 0.1) is 0 Å². The molecule has 3 atom stereocenters. The zero-order chi connectivity index (χ0) is 13.9. The van der Waals surface area contributed by atoms with Crippen molar-refractivity contribution >= 4 is 24.3 Å². The highest BCUT2D eigenvalue weighted by Crippen LogP contribution is 2.14. The van der Waals surface area contributed by atoms with Crippen molar-refractivity contribution in [1.82, 2.24) is 16.0 Å². The van der Waals surface area contributed by atoms with Gasteiger partial charge in [0.15, 0.2) is 0 Å². The Morgan fingerprint density at radius 2 is 2.20 bits per heavy atom. The van der Waals surface area contributed by atoms with Gasteiger partial charge >= 0.3 is 5.97 Å². The molecule has 0 spiro atoms. The normalized spacial score (nSPS) is 31.1. The van der Waals surface area contributed by atoms with E-state index in [1.54, 1.807) is 12.2 Å². The molecule has 1 unspecified atom stereocenters. The van der Waals surface area contributed by atoms with Gasteiger partial charge in [-0.1, -0.05) is 6.08 Å². The van der Waals surface area contributed by atoms with Crippen molar-refractivity contribution < 1.29 is 18.7 Å². The monoisotopic (exact) mass is 305 g/mol. The number of hydrogen-bond acceptors (Lipinski definition) is 5. The Kier molecular flexibility index (Phi) is 5.52. The van der Waals surface area contributed by atoms with Gasteiger partial charge in [-0.25, -0.2) is 9.18 Å². The van der Waals surface area contributed by atoms with Crippen molar-refractivity contribution in [2.24, 2.45) is 0 Å². The van der Waals surface area contributed by atoms with E-state index in [0.29, 0.717) is 0 Å². The van der Waals surface area contributed by atoms with Crippen LogP contribution in [0.1, 0.15) is 6.42 Å². The van der Waals surface area contributed by atoms with Crippen LogP contribution in [-0.4, -0.2) is 43.4 Å². The molecule has 112 valence electrons. The molecule has 0 aliphatic carbocycles. The average Bonchev–Trinajstić information content (AvgIpc) is 2.85. The third-order valence-electron chi connectivity index (χ3n) is 3.09. The predicted octanol–water partition coefficient (Wildman–Crippen LogP) is -0.233. The highest BCUT2D eigenvalue weighted by atomic mass is 35.5. The minimum absolute atomic E-state index is 0. The van der Waals surface area contributed by atoms with E-state index in [1.165, 1.54) is 19.4 Å². The highest BCUT2D eigenvalue weighted by molar-refractivity contribution is 5.92. The number of methoxy groups -OCH3 is 1. The van der Waals surface area contributed by atoms with Gasteiger partial charge in [0.05, 0.1) is 13.2 Å². The van der Waals surface area contributed by atoms with Crippen LogP contribution in [0.3, 0.4) is 0 Å². The van der Waals surface area contributed by atoms with Crippen molar-refractivity contribution in [2.75, 3.05) is 13.7 Å². The van der Waals surface area contributed by atoms with E-state index in [2.05, 4.69) is 20.7 Å². The maximum Gasteiger partial charge on any atom is 0.356 e. The molecule has 1 amide bonds. The lowest BCUT2D eigenvalue weighted by molar-refractivity contribution is -0.149. The third-order valence-corrected chi connectivity index (χ3v) is 3.09. The van der Waals surface area contributed by atoms with Crippen molar-refractivity contribution in [3.05, 3.63) is 24.4 Å². The number of rotatable bonds is 3. The predicted molar refractivity (Wildman–Crippen MR) is 72.9 cm³/mol. The van der Waals surface area contributed by atoms with Crippen molar-refractivity contribution in [2.45, 2.75) is 24.3 Å². The first-order valence-corrected chi connectivity index (χ1v) is 5.97. The standard InChI is InChI=1S/C12H16FN3O3.ClH/c1-19-11(18)12(4-2-3-5-15-12)16-10(17)9-6-8(13)7-14-9;/h2-5,8-9,14-15H,6-7H2,1H3,(H,16,17);1H/t8-,9+,12?;/m1./s1. The molecule has 6 nitrogen and oxygen atoms in total. The second-order valence-electron chi connectivity index (χ2n) is 4.45. The topological polar surface area (TPSA) is 79.5 Å². The quantitative estimate of drug-likeness (QED) is 0.628. The lowest BCUT2D eigenvalue weighted by Crippen LogP contribution is -2.64. The summed E-state index contributed by atoms with van der Waals surface area (Å²) in [6.45, 7) is 0.145. The number of esters is 1. The first-order chi connectivity index (χ1) is 9.07. The van der Waals surface area contributed by atoms with Crippen molar-refractivity contribution in [1.29, 1.82) is 0 Å². The van der Waals surface area contributed by atoms with Gasteiger partial charge in [0.2, 0.25) is 11.6 Å². The molecule has 0 aromatic heterocycles. The average molecular weight is 306 g/mol. The molecule has 2 heterocycles. The van der Waals surface area contributed by atoms with E-state index in [1.807, 2.05) is 0 Å². The summed E-state index contributed by atoms with van der Waals surface area (Å²) in [7, 11) is 1.23. The molecule has 1 fully saturated rings. The first-order valence-electron chi connectivity index (χ1n) is 5.97. The van der Waals surface area contributed by atoms with Gasteiger partial charge in [0.25, 0.3) is 0 Å². The summed E-state index contributed by atoms with van der Waals surface area (Å²) in [5, 5.41) is 8.07. The number of halogens is 2. The SMILES string of the molecule is COC(=O)C1(NC(=O)[C@@H]2C[C@@H](F)CN2)C=CC=CN1.Cl. The van der Waals surface area contributed by atoms with Crippen LogP contribution in [-0.2, 0) is 14.3 Å². The van der Waals surface area contributed by atoms with Crippen LogP contribution < -0.4 is 16.0 Å². The Bertz CT molecular complexity index is 444. The largest absolute Gasteiger partial charge is 0.466 e. The Morgan fingerprint density at radius 1 is 1.45 bits per heavy atom. The molecule has 0 bridgehead atoms. The number of ether oxygens (including phenoxy) is 1. The van der Waals surface area contributed by atoms with Gasteiger partial charge in [0.1, 0.15) is 6.17 Å². The number of nitrogens with one attached hydrogen (secondary N) is 3. The Morgan fingerprint density at radius 3 is 2.70 bits per heavy atom. The molecule has 0 radical (unpaired) electrons. The molecule has 0 saturated carbocycles. The molecule has 2 aliphatic heterocycles. The molecule has 3 N–H and O–H groups in total. The van der Waals surface area contributed by atoms with E-state index in [0.717, 1.165) is 0 Å². The second-order valence-corrected chi connectivity index (χ2v) is 4.45. The number of carbonyl (C=O) groups is 2. The summed E-state index contributed by atoms with van der Waals surface area (Å²) < 4.78 is 17.7. The fraction of sp³-hybridized carbons (Fsp3) is 0.500. The molecule has 0 aromatic rings. The van der Waals surface area contributed by atoms with Crippen LogP contribution in [0.15, 0.2) is 24.4 Å². The van der Waals surface area contributed by atoms with Crippen LogP contribution >= 0.6 is 12.4 Å². The van der Waals surface area contributed by atoms with Crippen molar-refractivity contribution in [3.63, 3.8) is 0 Å². The number of alkyl halides is 1. The van der Waals surface area contributed by atoms with E-state index in [-0.39, 0.29) is 25.4 Å². The van der Waals surface area contributed by atoms with E-state index < -0.39 is 29.8 Å². The maximum atomic E-state index is 13.1. The molecule has 20 heavy (non-hydrogen) atoms. The summed E-state index contributed by atoms with van der Waals surface area (Å²) in [6.07, 6.45) is 5.37. The van der Waals surface area contributed by atoms with Gasteiger partial charge in [-0.3, -0.25) is 4.79 Å². The molecule has 2 aliphatic rings. The number of hydrogen-bond donors (Lipinski definition) is 3.